The molecule has 0 aromatic carbocycles. The van der Waals surface area contributed by atoms with Crippen molar-refractivity contribution >= 4 is 0 Å². The van der Waals surface area contributed by atoms with Crippen LogP contribution in [-0.4, -0.2) is 19.8 Å². The van der Waals surface area contributed by atoms with Crippen molar-refractivity contribution in [3.05, 3.63) is 0 Å². The highest BCUT2D eigenvalue weighted by Crippen LogP contribution is 2.25. The molecule has 15 heavy (non-hydrogen) atoms. The van der Waals surface area contributed by atoms with E-state index in [9.17, 15) is 0 Å². The molecule has 90 valence electrons. The van der Waals surface area contributed by atoms with E-state index in [0.717, 1.165) is 32.1 Å². The van der Waals surface area contributed by atoms with Crippen LogP contribution in [0.15, 0.2) is 0 Å². The summed E-state index contributed by atoms with van der Waals surface area (Å²) in [5.41, 5.74) is 5.97. The Balaban J connectivity index is 1.92. The largest absolute Gasteiger partial charge is 0.381 e. The smallest absolute Gasteiger partial charge is 0.0494 e. The van der Waals surface area contributed by atoms with Crippen molar-refractivity contribution in [3.63, 3.8) is 0 Å². The van der Waals surface area contributed by atoms with Crippen LogP contribution in [0.5, 0.6) is 0 Å². The van der Waals surface area contributed by atoms with Crippen molar-refractivity contribution < 1.29 is 4.74 Å². The van der Waals surface area contributed by atoms with Gasteiger partial charge in [0.05, 0.1) is 0 Å². The second kappa shape index (κ2) is 6.49. The molecule has 1 aliphatic carbocycles. The second-order valence-electron chi connectivity index (χ2n) is 5.70. The van der Waals surface area contributed by atoms with E-state index in [0.29, 0.717) is 0 Å². The zero-order valence-electron chi connectivity index (χ0n) is 10.4. The van der Waals surface area contributed by atoms with Gasteiger partial charge in [-0.3, -0.25) is 0 Å². The molecule has 0 bridgehead atoms. The maximum Gasteiger partial charge on any atom is 0.0494 e. The first-order valence-electron chi connectivity index (χ1n) is 6.42. The number of hydrogen-bond donors (Lipinski definition) is 1. The Hall–Kier alpha value is -0.0800. The lowest BCUT2D eigenvalue weighted by molar-refractivity contribution is 0.0920. The average molecular weight is 213 g/mol. The molecule has 0 aromatic rings. The molecule has 2 N–H and O–H groups in total. The first kappa shape index (κ1) is 13.0. The Morgan fingerprint density at radius 3 is 2.53 bits per heavy atom. The van der Waals surface area contributed by atoms with E-state index in [-0.39, 0.29) is 5.41 Å². The van der Waals surface area contributed by atoms with E-state index in [1.165, 1.54) is 32.1 Å². The summed E-state index contributed by atoms with van der Waals surface area (Å²) in [5, 5.41) is 0. The van der Waals surface area contributed by atoms with E-state index in [1.807, 2.05) is 0 Å². The number of nitrogens with two attached hydrogens (primary N) is 1. The van der Waals surface area contributed by atoms with Crippen molar-refractivity contribution in [1.82, 2.24) is 0 Å². The van der Waals surface area contributed by atoms with E-state index < -0.39 is 0 Å². The minimum atomic E-state index is 0.288. The maximum absolute atomic E-state index is 5.72. The van der Waals surface area contributed by atoms with E-state index >= 15 is 0 Å². The van der Waals surface area contributed by atoms with Gasteiger partial charge in [0.15, 0.2) is 0 Å². The van der Waals surface area contributed by atoms with Crippen molar-refractivity contribution in [3.8, 4) is 0 Å². The van der Waals surface area contributed by atoms with Gasteiger partial charge in [-0.15, -0.1) is 0 Å². The van der Waals surface area contributed by atoms with Gasteiger partial charge in [0.2, 0.25) is 0 Å². The maximum atomic E-state index is 5.72. The Morgan fingerprint density at radius 2 is 1.93 bits per heavy atom. The molecule has 1 saturated carbocycles. The molecule has 0 unspecified atom stereocenters. The molecule has 2 heteroatoms. The van der Waals surface area contributed by atoms with Gasteiger partial charge in [0.25, 0.3) is 0 Å². The number of ether oxygens (including phenoxy) is 1. The minimum Gasteiger partial charge on any atom is -0.381 e. The Morgan fingerprint density at radius 1 is 1.27 bits per heavy atom. The van der Waals surface area contributed by atoms with Crippen LogP contribution in [-0.2, 0) is 4.74 Å². The minimum absolute atomic E-state index is 0.288. The fourth-order valence-electron chi connectivity index (χ4n) is 2.18. The van der Waals surface area contributed by atoms with Crippen molar-refractivity contribution in [2.75, 3.05) is 19.8 Å². The number of hydrogen-bond acceptors (Lipinski definition) is 2. The lowest BCUT2D eigenvalue weighted by Gasteiger charge is -2.22. The molecule has 0 aromatic heterocycles. The Kier molecular flexibility index (Phi) is 5.62. The third kappa shape index (κ3) is 5.53. The van der Waals surface area contributed by atoms with Gasteiger partial charge in [0, 0.05) is 13.2 Å². The van der Waals surface area contributed by atoms with Gasteiger partial charge in [-0.1, -0.05) is 26.7 Å². The molecular weight excluding hydrogens is 186 g/mol. The molecule has 2 nitrogen and oxygen atoms in total. The van der Waals surface area contributed by atoms with Gasteiger partial charge in [-0.25, -0.2) is 0 Å². The first-order valence-corrected chi connectivity index (χ1v) is 6.42. The fourth-order valence-corrected chi connectivity index (χ4v) is 2.18. The van der Waals surface area contributed by atoms with Gasteiger partial charge < -0.3 is 10.5 Å². The summed E-state index contributed by atoms with van der Waals surface area (Å²) < 4.78 is 5.72. The molecule has 1 aliphatic rings. The van der Waals surface area contributed by atoms with Crippen LogP contribution in [0.25, 0.3) is 0 Å². The summed E-state index contributed by atoms with van der Waals surface area (Å²) in [6.07, 6.45) is 7.91. The SMILES string of the molecule is CC(C)(CN)CCCOCC1CCCC1. The molecule has 0 saturated heterocycles. The second-order valence-corrected chi connectivity index (χ2v) is 5.70. The van der Waals surface area contributed by atoms with Crippen molar-refractivity contribution in [1.29, 1.82) is 0 Å². The molecule has 0 heterocycles. The predicted octanol–water partition coefficient (Wildman–Crippen LogP) is 2.96. The van der Waals surface area contributed by atoms with Gasteiger partial charge in [-0.05, 0) is 43.6 Å². The third-order valence-corrected chi connectivity index (χ3v) is 3.52. The van der Waals surface area contributed by atoms with Crippen LogP contribution in [0.4, 0.5) is 0 Å². The first-order chi connectivity index (χ1) is 7.14. The average Bonchev–Trinajstić information content (AvgIpc) is 2.70. The molecule has 1 rings (SSSR count). The summed E-state index contributed by atoms with van der Waals surface area (Å²) in [4.78, 5) is 0. The van der Waals surface area contributed by atoms with E-state index in [2.05, 4.69) is 13.8 Å². The highest BCUT2D eigenvalue weighted by molar-refractivity contribution is 4.69. The van der Waals surface area contributed by atoms with E-state index in [4.69, 9.17) is 10.5 Å². The fraction of sp³-hybridized carbons (Fsp3) is 1.00. The summed E-state index contributed by atoms with van der Waals surface area (Å²) >= 11 is 0. The van der Waals surface area contributed by atoms with Gasteiger partial charge >= 0.3 is 0 Å². The van der Waals surface area contributed by atoms with Crippen LogP contribution < -0.4 is 5.73 Å². The normalized spacial score (nSPS) is 18.6. The lowest BCUT2D eigenvalue weighted by Crippen LogP contribution is -2.23. The number of rotatable bonds is 7. The molecule has 0 amide bonds. The van der Waals surface area contributed by atoms with Crippen LogP contribution in [0.3, 0.4) is 0 Å². The Labute approximate surface area is 94.6 Å². The predicted molar refractivity (Wildman–Crippen MR) is 64.8 cm³/mol. The standard InChI is InChI=1S/C13H27NO/c1-13(2,11-14)8-5-9-15-10-12-6-3-4-7-12/h12H,3-11,14H2,1-2H3. The highest BCUT2D eigenvalue weighted by atomic mass is 16.5. The highest BCUT2D eigenvalue weighted by Gasteiger charge is 2.16. The van der Waals surface area contributed by atoms with Crippen LogP contribution in [0.2, 0.25) is 0 Å². The van der Waals surface area contributed by atoms with Crippen molar-refractivity contribution in [2.45, 2.75) is 52.4 Å². The monoisotopic (exact) mass is 213 g/mol. The van der Waals surface area contributed by atoms with Crippen LogP contribution in [0.1, 0.15) is 52.4 Å². The topological polar surface area (TPSA) is 35.2 Å². The summed E-state index contributed by atoms with van der Waals surface area (Å²) in [5.74, 6) is 0.854. The lowest BCUT2D eigenvalue weighted by atomic mass is 9.88. The molecule has 0 radical (unpaired) electrons. The van der Waals surface area contributed by atoms with E-state index in [1.54, 1.807) is 0 Å². The summed E-state index contributed by atoms with van der Waals surface area (Å²) in [6.45, 7) is 7.13. The third-order valence-electron chi connectivity index (χ3n) is 3.52. The van der Waals surface area contributed by atoms with Crippen LogP contribution in [0, 0.1) is 11.3 Å². The van der Waals surface area contributed by atoms with Gasteiger partial charge in [0.1, 0.15) is 0 Å². The molecule has 0 aliphatic heterocycles. The molecular formula is C13H27NO. The zero-order chi connectivity index (χ0) is 11.1. The van der Waals surface area contributed by atoms with Crippen molar-refractivity contribution in [2.24, 2.45) is 17.1 Å². The van der Waals surface area contributed by atoms with Crippen LogP contribution >= 0.6 is 0 Å². The quantitative estimate of drug-likeness (QED) is 0.660. The summed E-state index contributed by atoms with van der Waals surface area (Å²) in [7, 11) is 0. The molecule has 0 spiro atoms. The zero-order valence-corrected chi connectivity index (χ0v) is 10.4. The summed E-state index contributed by atoms with van der Waals surface area (Å²) in [6, 6.07) is 0. The van der Waals surface area contributed by atoms with Gasteiger partial charge in [-0.2, -0.15) is 0 Å². The molecule has 0 atom stereocenters. The Bertz CT molecular complexity index is 162. The molecule has 1 fully saturated rings.